The summed E-state index contributed by atoms with van der Waals surface area (Å²) in [6, 6.07) is 21.2. The van der Waals surface area contributed by atoms with E-state index in [-0.39, 0.29) is 11.7 Å². The summed E-state index contributed by atoms with van der Waals surface area (Å²) in [4.78, 5) is 26.2. The number of ketones is 1. The number of carbonyl (C=O) groups is 2. The number of hydrogen-bond acceptors (Lipinski definition) is 3. The fourth-order valence-electron chi connectivity index (χ4n) is 2.90. The van der Waals surface area contributed by atoms with Crippen molar-refractivity contribution >= 4 is 62.0 Å². The Morgan fingerprint density at radius 3 is 2.32 bits per heavy atom. The standard InChI is InChI=1S/C22H13Cl2NO2S/c23-14-10-11-17(16(12-14)20(26)13-6-2-1-3-7-13)25-22(27)21-19(24)15-8-4-5-9-18(15)28-21/h1-12H,(H,25,27). The number of rotatable bonds is 4. The molecule has 1 amide bonds. The molecule has 0 spiro atoms. The van der Waals surface area contributed by atoms with E-state index < -0.39 is 0 Å². The lowest BCUT2D eigenvalue weighted by atomic mass is 10.0. The first kappa shape index (κ1) is 18.7. The van der Waals surface area contributed by atoms with Gasteiger partial charge in [0.15, 0.2) is 5.78 Å². The van der Waals surface area contributed by atoms with Crippen molar-refractivity contribution in [1.82, 2.24) is 0 Å². The van der Waals surface area contributed by atoms with Gasteiger partial charge in [0, 0.05) is 26.2 Å². The summed E-state index contributed by atoms with van der Waals surface area (Å²) in [6.07, 6.45) is 0. The van der Waals surface area contributed by atoms with Gasteiger partial charge in [-0.05, 0) is 24.3 Å². The van der Waals surface area contributed by atoms with E-state index >= 15 is 0 Å². The third-order valence-corrected chi connectivity index (χ3v) is 6.16. The Morgan fingerprint density at radius 1 is 0.857 bits per heavy atom. The number of fused-ring (bicyclic) bond motifs is 1. The summed E-state index contributed by atoms with van der Waals surface area (Å²) in [5, 5.41) is 4.46. The Hall–Kier alpha value is -2.66. The molecule has 0 unspecified atom stereocenters. The molecule has 0 aliphatic heterocycles. The van der Waals surface area contributed by atoms with Crippen LogP contribution in [-0.4, -0.2) is 11.7 Å². The van der Waals surface area contributed by atoms with Gasteiger partial charge in [-0.2, -0.15) is 0 Å². The lowest BCUT2D eigenvalue weighted by molar-refractivity contribution is 0.103. The first-order valence-corrected chi connectivity index (χ1v) is 9.99. The minimum atomic E-state index is -0.365. The number of hydrogen-bond donors (Lipinski definition) is 1. The van der Waals surface area contributed by atoms with E-state index in [2.05, 4.69) is 5.32 Å². The SMILES string of the molecule is O=C(c1ccccc1)c1cc(Cl)ccc1NC(=O)c1sc2ccccc2c1Cl. The average Bonchev–Trinajstić information content (AvgIpc) is 3.06. The molecular weight excluding hydrogens is 413 g/mol. The van der Waals surface area contributed by atoms with Gasteiger partial charge < -0.3 is 5.32 Å². The summed E-state index contributed by atoms with van der Waals surface area (Å²) >= 11 is 13.8. The average molecular weight is 426 g/mol. The van der Waals surface area contributed by atoms with E-state index in [0.29, 0.717) is 31.7 Å². The van der Waals surface area contributed by atoms with Gasteiger partial charge in [-0.25, -0.2) is 0 Å². The van der Waals surface area contributed by atoms with Gasteiger partial charge >= 0.3 is 0 Å². The predicted octanol–water partition coefficient (Wildman–Crippen LogP) is 6.69. The van der Waals surface area contributed by atoms with Crippen molar-refractivity contribution in [2.24, 2.45) is 0 Å². The van der Waals surface area contributed by atoms with Gasteiger partial charge in [0.2, 0.25) is 0 Å². The maximum absolute atomic E-state index is 12.9. The van der Waals surface area contributed by atoms with Gasteiger partial charge in [0.05, 0.1) is 10.7 Å². The van der Waals surface area contributed by atoms with Crippen LogP contribution in [0.1, 0.15) is 25.6 Å². The van der Waals surface area contributed by atoms with Crippen LogP contribution >= 0.6 is 34.5 Å². The van der Waals surface area contributed by atoms with Crippen molar-refractivity contribution in [1.29, 1.82) is 0 Å². The molecule has 0 aliphatic carbocycles. The number of halogens is 2. The normalized spacial score (nSPS) is 10.8. The highest BCUT2D eigenvalue weighted by atomic mass is 35.5. The highest BCUT2D eigenvalue weighted by molar-refractivity contribution is 7.21. The summed E-state index contributed by atoms with van der Waals surface area (Å²) in [5.74, 6) is -0.587. The topological polar surface area (TPSA) is 46.2 Å². The number of anilines is 1. The molecule has 0 radical (unpaired) electrons. The first-order chi connectivity index (χ1) is 13.5. The third-order valence-electron chi connectivity index (χ3n) is 4.25. The van der Waals surface area contributed by atoms with Crippen molar-refractivity contribution in [3.05, 3.63) is 98.8 Å². The van der Waals surface area contributed by atoms with E-state index in [1.54, 1.807) is 42.5 Å². The minimum absolute atomic E-state index is 0.221. The zero-order valence-corrected chi connectivity index (χ0v) is 16.7. The molecule has 1 heterocycles. The van der Waals surface area contributed by atoms with Crippen LogP contribution in [0.15, 0.2) is 72.8 Å². The number of amides is 1. The van der Waals surface area contributed by atoms with Crippen molar-refractivity contribution in [3.63, 3.8) is 0 Å². The van der Waals surface area contributed by atoms with Crippen LogP contribution < -0.4 is 5.32 Å². The van der Waals surface area contributed by atoms with Gasteiger partial charge in [-0.15, -0.1) is 11.3 Å². The lowest BCUT2D eigenvalue weighted by Crippen LogP contribution is -2.14. The van der Waals surface area contributed by atoms with E-state index in [1.807, 2.05) is 30.3 Å². The van der Waals surface area contributed by atoms with Crippen LogP contribution in [0.3, 0.4) is 0 Å². The predicted molar refractivity (Wildman–Crippen MR) is 116 cm³/mol. The fourth-order valence-corrected chi connectivity index (χ4v) is 4.48. The van der Waals surface area contributed by atoms with E-state index in [1.165, 1.54) is 11.3 Å². The van der Waals surface area contributed by atoms with Crippen molar-refractivity contribution in [2.75, 3.05) is 5.32 Å². The minimum Gasteiger partial charge on any atom is -0.321 e. The zero-order valence-electron chi connectivity index (χ0n) is 14.4. The molecule has 4 aromatic rings. The number of nitrogens with one attached hydrogen (secondary N) is 1. The molecule has 0 bridgehead atoms. The highest BCUT2D eigenvalue weighted by Gasteiger charge is 2.20. The molecule has 1 aromatic heterocycles. The molecule has 3 aromatic carbocycles. The largest absolute Gasteiger partial charge is 0.321 e. The van der Waals surface area contributed by atoms with Crippen LogP contribution in [0.2, 0.25) is 10.0 Å². The Bertz CT molecular complexity index is 1200. The Balaban J connectivity index is 1.71. The van der Waals surface area contributed by atoms with Crippen LogP contribution in [0, 0.1) is 0 Å². The number of benzene rings is 3. The molecule has 6 heteroatoms. The van der Waals surface area contributed by atoms with E-state index in [9.17, 15) is 9.59 Å². The Morgan fingerprint density at radius 2 is 1.57 bits per heavy atom. The maximum atomic E-state index is 12.9. The summed E-state index contributed by atoms with van der Waals surface area (Å²) in [7, 11) is 0. The molecule has 138 valence electrons. The quantitative estimate of drug-likeness (QED) is 0.370. The van der Waals surface area contributed by atoms with Crippen molar-refractivity contribution in [3.8, 4) is 0 Å². The number of thiophene rings is 1. The molecule has 0 saturated heterocycles. The van der Waals surface area contributed by atoms with Crippen molar-refractivity contribution < 1.29 is 9.59 Å². The van der Waals surface area contributed by atoms with Crippen LogP contribution in [0.25, 0.3) is 10.1 Å². The fraction of sp³-hybridized carbons (Fsp3) is 0. The van der Waals surface area contributed by atoms with Crippen LogP contribution in [0.5, 0.6) is 0 Å². The van der Waals surface area contributed by atoms with Gasteiger partial charge in [0.1, 0.15) is 4.88 Å². The van der Waals surface area contributed by atoms with Crippen molar-refractivity contribution in [2.45, 2.75) is 0 Å². The van der Waals surface area contributed by atoms with Gasteiger partial charge in [0.25, 0.3) is 5.91 Å². The lowest BCUT2D eigenvalue weighted by Gasteiger charge is -2.11. The molecule has 1 N–H and O–H groups in total. The summed E-state index contributed by atoms with van der Waals surface area (Å²) in [6.45, 7) is 0. The molecule has 28 heavy (non-hydrogen) atoms. The molecule has 0 saturated carbocycles. The smallest absolute Gasteiger partial charge is 0.267 e. The van der Waals surface area contributed by atoms with Crippen LogP contribution in [-0.2, 0) is 0 Å². The maximum Gasteiger partial charge on any atom is 0.267 e. The zero-order chi connectivity index (χ0) is 19.7. The van der Waals surface area contributed by atoms with Gasteiger partial charge in [-0.3, -0.25) is 9.59 Å². The number of carbonyl (C=O) groups excluding carboxylic acids is 2. The van der Waals surface area contributed by atoms with E-state index in [4.69, 9.17) is 23.2 Å². The highest BCUT2D eigenvalue weighted by Crippen LogP contribution is 2.36. The second-order valence-corrected chi connectivity index (χ2v) is 7.95. The molecule has 0 fully saturated rings. The second-order valence-electron chi connectivity index (χ2n) is 6.08. The van der Waals surface area contributed by atoms with Crippen LogP contribution in [0.4, 0.5) is 5.69 Å². The molecule has 0 atom stereocenters. The molecular formula is C22H13Cl2NO2S. The summed E-state index contributed by atoms with van der Waals surface area (Å²) < 4.78 is 0.925. The molecule has 4 rings (SSSR count). The van der Waals surface area contributed by atoms with E-state index in [0.717, 1.165) is 10.1 Å². The second kappa shape index (κ2) is 7.76. The Labute approximate surface area is 175 Å². The summed E-state index contributed by atoms with van der Waals surface area (Å²) in [5.41, 5.74) is 1.22. The molecule has 0 aliphatic rings. The Kier molecular flexibility index (Phi) is 5.18. The molecule has 3 nitrogen and oxygen atoms in total. The monoisotopic (exact) mass is 425 g/mol. The first-order valence-electron chi connectivity index (χ1n) is 8.42. The third kappa shape index (κ3) is 3.54. The van der Waals surface area contributed by atoms with Gasteiger partial charge in [-0.1, -0.05) is 71.7 Å².